The molecule has 29 heavy (non-hydrogen) atoms. The lowest BCUT2D eigenvalue weighted by Crippen LogP contribution is -2.30. The van der Waals surface area contributed by atoms with Gasteiger partial charge >= 0.3 is 5.97 Å². The van der Waals surface area contributed by atoms with Crippen molar-refractivity contribution in [2.75, 3.05) is 5.32 Å². The molecule has 1 aliphatic carbocycles. The maximum Gasteiger partial charge on any atom is 0.341 e. The Morgan fingerprint density at radius 1 is 1.17 bits per heavy atom. The van der Waals surface area contributed by atoms with E-state index in [2.05, 4.69) is 5.32 Å². The fourth-order valence-corrected chi connectivity index (χ4v) is 4.85. The first-order valence-corrected chi connectivity index (χ1v) is 11.0. The highest BCUT2D eigenvalue weighted by Crippen LogP contribution is 2.39. The zero-order chi connectivity index (χ0) is 21.1. The van der Waals surface area contributed by atoms with Crippen molar-refractivity contribution < 1.29 is 19.1 Å². The van der Waals surface area contributed by atoms with E-state index in [9.17, 15) is 9.59 Å². The summed E-state index contributed by atoms with van der Waals surface area (Å²) in [6.07, 6.45) is 2.93. The fourth-order valence-electron chi connectivity index (χ4n) is 3.35. The number of thiophene rings is 1. The van der Waals surface area contributed by atoms with Crippen LogP contribution in [0.25, 0.3) is 0 Å². The number of hydrogen-bond donors (Lipinski definition) is 1. The highest BCUT2D eigenvalue weighted by Gasteiger charge is 2.29. The van der Waals surface area contributed by atoms with Gasteiger partial charge in [-0.25, -0.2) is 4.79 Å². The molecule has 1 heterocycles. The van der Waals surface area contributed by atoms with Gasteiger partial charge < -0.3 is 14.8 Å². The number of carbonyl (C=O) groups is 2. The van der Waals surface area contributed by atoms with Gasteiger partial charge in [-0.3, -0.25) is 4.79 Å². The van der Waals surface area contributed by atoms with Crippen LogP contribution in [-0.2, 0) is 22.4 Å². The molecule has 0 bridgehead atoms. The normalized spacial score (nSPS) is 14.3. The monoisotopic (exact) mass is 435 g/mol. The molecule has 1 unspecified atom stereocenters. The van der Waals surface area contributed by atoms with Gasteiger partial charge in [0.05, 0.1) is 11.7 Å². The predicted octanol–water partition coefficient (Wildman–Crippen LogP) is 5.56. The molecule has 1 atom stereocenters. The molecule has 1 aromatic carbocycles. The van der Waals surface area contributed by atoms with Crippen LogP contribution in [0.4, 0.5) is 5.00 Å². The minimum Gasteiger partial charge on any atom is -0.481 e. The van der Waals surface area contributed by atoms with E-state index in [1.54, 1.807) is 25.1 Å². The van der Waals surface area contributed by atoms with Crippen molar-refractivity contribution in [3.63, 3.8) is 0 Å². The maximum absolute atomic E-state index is 12.8. The zero-order valence-electron chi connectivity index (χ0n) is 17.1. The molecule has 156 valence electrons. The van der Waals surface area contributed by atoms with E-state index in [1.165, 1.54) is 11.3 Å². The van der Waals surface area contributed by atoms with E-state index in [0.717, 1.165) is 41.7 Å². The van der Waals surface area contributed by atoms with Crippen LogP contribution in [0.3, 0.4) is 0 Å². The van der Waals surface area contributed by atoms with E-state index in [4.69, 9.17) is 21.1 Å². The molecule has 5 nitrogen and oxygen atoms in total. The molecule has 0 radical (unpaired) electrons. The summed E-state index contributed by atoms with van der Waals surface area (Å²) in [5.41, 5.74) is 2.37. The number of carbonyl (C=O) groups excluding carboxylic acids is 2. The number of benzene rings is 1. The van der Waals surface area contributed by atoms with Gasteiger partial charge in [-0.2, -0.15) is 0 Å². The van der Waals surface area contributed by atoms with Crippen molar-refractivity contribution in [3.8, 4) is 5.75 Å². The molecular formula is C22H26ClNO4S. The minimum atomic E-state index is -0.733. The molecule has 0 fully saturated rings. The van der Waals surface area contributed by atoms with Crippen molar-refractivity contribution in [2.24, 2.45) is 0 Å². The van der Waals surface area contributed by atoms with Crippen LogP contribution < -0.4 is 10.1 Å². The van der Waals surface area contributed by atoms with Crippen LogP contribution in [0, 0.1) is 6.92 Å². The molecule has 0 saturated carbocycles. The largest absolute Gasteiger partial charge is 0.481 e. The number of ether oxygens (including phenoxy) is 2. The molecule has 3 rings (SSSR count). The molecule has 1 N–H and O–H groups in total. The summed E-state index contributed by atoms with van der Waals surface area (Å²) in [4.78, 5) is 26.7. The van der Waals surface area contributed by atoms with E-state index >= 15 is 0 Å². The van der Waals surface area contributed by atoms with E-state index in [-0.39, 0.29) is 18.0 Å². The summed E-state index contributed by atoms with van der Waals surface area (Å²) in [5, 5.41) is 4.07. The van der Waals surface area contributed by atoms with Crippen LogP contribution in [0.5, 0.6) is 5.75 Å². The van der Waals surface area contributed by atoms with Crippen molar-refractivity contribution in [1.29, 1.82) is 0 Å². The molecule has 2 aromatic rings. The number of fused-ring (bicyclic) bond motifs is 1. The minimum absolute atomic E-state index is 0.222. The van der Waals surface area contributed by atoms with Gasteiger partial charge in [-0.15, -0.1) is 11.3 Å². The highest BCUT2D eigenvalue weighted by atomic mass is 35.5. The van der Waals surface area contributed by atoms with Gasteiger partial charge in [0.15, 0.2) is 6.10 Å². The quantitative estimate of drug-likeness (QED) is 0.603. The number of esters is 1. The Balaban J connectivity index is 1.80. The topological polar surface area (TPSA) is 64.6 Å². The third kappa shape index (κ3) is 5.11. The van der Waals surface area contributed by atoms with Crippen LogP contribution in [-0.4, -0.2) is 24.1 Å². The van der Waals surface area contributed by atoms with Gasteiger partial charge in [0.1, 0.15) is 10.8 Å². The second-order valence-corrected chi connectivity index (χ2v) is 9.07. The Bertz CT molecular complexity index is 922. The smallest absolute Gasteiger partial charge is 0.341 e. The molecule has 7 heteroatoms. The molecule has 1 aliphatic rings. The van der Waals surface area contributed by atoms with Crippen molar-refractivity contribution >= 4 is 39.8 Å². The Labute approximate surface area is 180 Å². The standard InChI is InChI=1S/C22H26ClNO4S/c1-12(2)27-22(26)19-16-7-5-6-8-18(16)29-21(19)24-20(25)14(4)28-17-10-9-15(23)11-13(17)3/h9-12,14H,5-8H2,1-4H3,(H,24,25). The number of amides is 1. The maximum atomic E-state index is 12.8. The summed E-state index contributed by atoms with van der Waals surface area (Å²) in [6.45, 7) is 7.20. The first kappa shape index (κ1) is 21.7. The average molecular weight is 436 g/mol. The summed E-state index contributed by atoms with van der Waals surface area (Å²) < 4.78 is 11.3. The van der Waals surface area contributed by atoms with Gasteiger partial charge in [0.25, 0.3) is 5.91 Å². The lowest BCUT2D eigenvalue weighted by atomic mass is 9.95. The van der Waals surface area contributed by atoms with Crippen LogP contribution in [0.2, 0.25) is 5.02 Å². The number of halogens is 1. The van der Waals surface area contributed by atoms with E-state index in [0.29, 0.717) is 21.3 Å². The molecule has 1 aromatic heterocycles. The third-order valence-electron chi connectivity index (χ3n) is 4.76. The molecule has 0 spiro atoms. The second kappa shape index (κ2) is 9.18. The summed E-state index contributed by atoms with van der Waals surface area (Å²) in [5.74, 6) is -0.0877. The molecule has 0 saturated heterocycles. The third-order valence-corrected chi connectivity index (χ3v) is 6.21. The number of nitrogens with one attached hydrogen (secondary N) is 1. The summed E-state index contributed by atoms with van der Waals surface area (Å²) in [7, 11) is 0. The molecular weight excluding hydrogens is 410 g/mol. The summed E-state index contributed by atoms with van der Waals surface area (Å²) >= 11 is 7.45. The van der Waals surface area contributed by atoms with Crippen molar-refractivity contribution in [1.82, 2.24) is 0 Å². The zero-order valence-corrected chi connectivity index (χ0v) is 18.7. The Kier molecular flexibility index (Phi) is 6.85. The fraction of sp³-hybridized carbons (Fsp3) is 0.455. The number of anilines is 1. The lowest BCUT2D eigenvalue weighted by molar-refractivity contribution is -0.122. The Morgan fingerprint density at radius 3 is 2.59 bits per heavy atom. The SMILES string of the molecule is Cc1cc(Cl)ccc1OC(C)C(=O)Nc1sc2c(c1C(=O)OC(C)C)CCCC2. The van der Waals surface area contributed by atoms with Gasteiger partial charge in [0.2, 0.25) is 0 Å². The number of rotatable bonds is 6. The van der Waals surface area contributed by atoms with Crippen molar-refractivity contribution in [2.45, 2.75) is 65.6 Å². The Morgan fingerprint density at radius 2 is 1.90 bits per heavy atom. The second-order valence-electron chi connectivity index (χ2n) is 7.53. The summed E-state index contributed by atoms with van der Waals surface area (Å²) in [6, 6.07) is 5.26. The number of aryl methyl sites for hydroxylation is 2. The van der Waals surface area contributed by atoms with Gasteiger partial charge in [-0.05, 0) is 82.7 Å². The predicted molar refractivity (Wildman–Crippen MR) is 116 cm³/mol. The molecule has 1 amide bonds. The van der Waals surface area contributed by atoms with Crippen LogP contribution in [0.15, 0.2) is 18.2 Å². The van der Waals surface area contributed by atoms with Crippen molar-refractivity contribution in [3.05, 3.63) is 44.8 Å². The highest BCUT2D eigenvalue weighted by molar-refractivity contribution is 7.17. The van der Waals surface area contributed by atoms with Crippen LogP contribution in [0.1, 0.15) is 60.0 Å². The Hall–Kier alpha value is -2.05. The first-order valence-electron chi connectivity index (χ1n) is 9.85. The van der Waals surface area contributed by atoms with Gasteiger partial charge in [-0.1, -0.05) is 11.6 Å². The number of hydrogen-bond acceptors (Lipinski definition) is 5. The molecule has 0 aliphatic heterocycles. The van der Waals surface area contributed by atoms with E-state index in [1.807, 2.05) is 20.8 Å². The average Bonchev–Trinajstić information content (AvgIpc) is 3.01. The first-order chi connectivity index (χ1) is 13.8. The van der Waals surface area contributed by atoms with E-state index < -0.39 is 6.10 Å². The van der Waals surface area contributed by atoms with Crippen LogP contribution >= 0.6 is 22.9 Å². The lowest BCUT2D eigenvalue weighted by Gasteiger charge is -2.17. The van der Waals surface area contributed by atoms with Gasteiger partial charge in [0, 0.05) is 9.90 Å².